The SMILES string of the molecule is COC(=O)C1CCN(C(=O)C(CCSC)Nc2ccc3c(cc2=O)C(NC(C)=O)CCc2cc(OC)c(OC)c(OC)c2-3)CC1. The van der Waals surface area contributed by atoms with Gasteiger partial charge in [0.25, 0.3) is 0 Å². The summed E-state index contributed by atoms with van der Waals surface area (Å²) in [5, 5.41) is 6.28. The molecule has 1 heterocycles. The van der Waals surface area contributed by atoms with Crippen molar-refractivity contribution in [1.29, 1.82) is 0 Å². The first-order chi connectivity index (χ1) is 21.7. The lowest BCUT2D eigenvalue weighted by Gasteiger charge is -2.33. The fourth-order valence-corrected chi connectivity index (χ4v) is 6.70. The van der Waals surface area contributed by atoms with Crippen LogP contribution in [0, 0.1) is 5.92 Å². The number of amides is 2. The molecule has 45 heavy (non-hydrogen) atoms. The summed E-state index contributed by atoms with van der Waals surface area (Å²) in [5.41, 5.74) is 3.00. The topological polar surface area (TPSA) is 132 Å². The molecule has 0 radical (unpaired) electrons. The van der Waals surface area contributed by atoms with E-state index in [1.54, 1.807) is 43.0 Å². The summed E-state index contributed by atoms with van der Waals surface area (Å²) in [6, 6.07) is 5.90. The van der Waals surface area contributed by atoms with Gasteiger partial charge >= 0.3 is 5.97 Å². The number of carbonyl (C=O) groups is 3. The van der Waals surface area contributed by atoms with Gasteiger partial charge in [-0.3, -0.25) is 19.2 Å². The minimum absolute atomic E-state index is 0.111. The van der Waals surface area contributed by atoms with E-state index in [4.69, 9.17) is 18.9 Å². The Kier molecular flexibility index (Phi) is 11.6. The van der Waals surface area contributed by atoms with E-state index in [0.29, 0.717) is 79.3 Å². The third-order valence-electron chi connectivity index (χ3n) is 8.50. The number of fused-ring (bicyclic) bond motifs is 3. The van der Waals surface area contributed by atoms with Gasteiger partial charge in [0.05, 0.1) is 46.1 Å². The molecule has 1 fully saturated rings. The number of methoxy groups -OCH3 is 4. The first-order valence-electron chi connectivity index (χ1n) is 15.1. The van der Waals surface area contributed by atoms with Crippen molar-refractivity contribution < 1.29 is 33.3 Å². The molecule has 244 valence electrons. The van der Waals surface area contributed by atoms with Crippen LogP contribution in [0.2, 0.25) is 0 Å². The number of esters is 1. The van der Waals surface area contributed by atoms with Crippen molar-refractivity contribution in [3.63, 3.8) is 0 Å². The van der Waals surface area contributed by atoms with E-state index in [9.17, 15) is 19.2 Å². The van der Waals surface area contributed by atoms with E-state index in [-0.39, 0.29) is 34.8 Å². The van der Waals surface area contributed by atoms with Gasteiger partial charge in [-0.15, -0.1) is 0 Å². The molecule has 0 saturated carbocycles. The molecule has 4 rings (SSSR count). The zero-order valence-electron chi connectivity index (χ0n) is 26.8. The Hall–Kier alpha value is -3.93. The summed E-state index contributed by atoms with van der Waals surface area (Å²) in [6.45, 7) is 2.34. The lowest BCUT2D eigenvalue weighted by Crippen LogP contribution is -2.48. The van der Waals surface area contributed by atoms with Gasteiger partial charge in [0.1, 0.15) is 6.04 Å². The van der Waals surface area contributed by atoms with Crippen LogP contribution >= 0.6 is 11.8 Å². The Bertz CT molecular complexity index is 1470. The van der Waals surface area contributed by atoms with Crippen LogP contribution < -0.4 is 30.3 Å². The van der Waals surface area contributed by atoms with Crippen LogP contribution in [0.15, 0.2) is 29.1 Å². The lowest BCUT2D eigenvalue weighted by atomic mass is 9.95. The van der Waals surface area contributed by atoms with E-state index in [1.807, 2.05) is 18.4 Å². The molecule has 2 aromatic carbocycles. The second-order valence-electron chi connectivity index (χ2n) is 11.2. The highest BCUT2D eigenvalue weighted by molar-refractivity contribution is 7.98. The van der Waals surface area contributed by atoms with Gasteiger partial charge in [0.2, 0.25) is 23.0 Å². The van der Waals surface area contributed by atoms with E-state index in [2.05, 4.69) is 10.6 Å². The number of nitrogens with one attached hydrogen (secondary N) is 2. The number of aryl methyl sites for hydroxylation is 1. The molecule has 1 aliphatic heterocycles. The van der Waals surface area contributed by atoms with Crippen molar-refractivity contribution in [2.24, 2.45) is 5.92 Å². The van der Waals surface area contributed by atoms with Crippen molar-refractivity contribution >= 4 is 35.2 Å². The minimum Gasteiger partial charge on any atom is -0.493 e. The molecule has 2 amide bonds. The second-order valence-corrected chi connectivity index (χ2v) is 12.2. The zero-order chi connectivity index (χ0) is 32.7. The summed E-state index contributed by atoms with van der Waals surface area (Å²) in [6.07, 6.45) is 4.68. The van der Waals surface area contributed by atoms with E-state index < -0.39 is 12.1 Å². The number of carbonyl (C=O) groups excluding carboxylic acids is 3. The number of rotatable bonds is 11. The molecule has 2 aromatic rings. The highest BCUT2D eigenvalue weighted by Crippen LogP contribution is 2.50. The molecule has 1 saturated heterocycles. The predicted octanol–water partition coefficient (Wildman–Crippen LogP) is 3.81. The standard InChI is InChI=1S/C33H43N3O8S/c1-19(37)34-24-9-7-21-17-28(41-2)30(42-3)31(43-4)29(21)22-8-10-25(27(38)18-23(22)24)35-26(13-16-45-6)32(39)36-14-11-20(12-15-36)33(40)44-5/h8,10,17-18,20,24,26H,7,9,11-16H2,1-6H3,(H,34,37)(H,35,38). The Morgan fingerprint density at radius 3 is 2.31 bits per heavy atom. The quantitative estimate of drug-likeness (QED) is 0.349. The smallest absolute Gasteiger partial charge is 0.308 e. The van der Waals surface area contributed by atoms with Crippen LogP contribution in [0.5, 0.6) is 17.2 Å². The van der Waals surface area contributed by atoms with Crippen LogP contribution in [-0.4, -0.2) is 82.3 Å². The molecule has 2 N–H and O–H groups in total. The van der Waals surface area contributed by atoms with Gasteiger partial charge < -0.3 is 34.5 Å². The number of ether oxygens (including phenoxy) is 4. The average molecular weight is 642 g/mol. The largest absolute Gasteiger partial charge is 0.493 e. The van der Waals surface area contributed by atoms with Crippen LogP contribution in [0.3, 0.4) is 0 Å². The van der Waals surface area contributed by atoms with Gasteiger partial charge in [0, 0.05) is 25.6 Å². The molecule has 0 spiro atoms. The molecule has 0 aromatic heterocycles. The van der Waals surface area contributed by atoms with Crippen molar-refractivity contribution in [3.8, 4) is 28.4 Å². The summed E-state index contributed by atoms with van der Waals surface area (Å²) in [5.74, 6) is 1.33. The molecule has 12 heteroatoms. The molecular weight excluding hydrogens is 598 g/mol. The van der Waals surface area contributed by atoms with Crippen molar-refractivity contribution in [2.45, 2.75) is 51.1 Å². The third-order valence-corrected chi connectivity index (χ3v) is 9.14. The molecule has 2 unspecified atom stereocenters. The van der Waals surface area contributed by atoms with E-state index in [0.717, 1.165) is 11.1 Å². The van der Waals surface area contributed by atoms with Crippen molar-refractivity contribution in [1.82, 2.24) is 10.2 Å². The minimum atomic E-state index is -0.639. The zero-order valence-corrected chi connectivity index (χ0v) is 27.6. The maximum absolute atomic E-state index is 13.9. The van der Waals surface area contributed by atoms with E-state index in [1.165, 1.54) is 21.1 Å². The summed E-state index contributed by atoms with van der Waals surface area (Å²) < 4.78 is 22.0. The first kappa shape index (κ1) is 34.0. The maximum atomic E-state index is 13.9. The summed E-state index contributed by atoms with van der Waals surface area (Å²) in [7, 11) is 6.03. The molecular formula is C33H43N3O8S. The highest BCUT2D eigenvalue weighted by atomic mass is 32.2. The van der Waals surface area contributed by atoms with E-state index >= 15 is 0 Å². The third kappa shape index (κ3) is 7.49. The monoisotopic (exact) mass is 641 g/mol. The summed E-state index contributed by atoms with van der Waals surface area (Å²) in [4.78, 5) is 53.6. The molecule has 0 bridgehead atoms. The normalized spacial score (nSPS) is 16.8. The highest BCUT2D eigenvalue weighted by Gasteiger charge is 2.33. The fraction of sp³-hybridized carbons (Fsp3) is 0.515. The molecule has 11 nitrogen and oxygen atoms in total. The number of hydrogen-bond acceptors (Lipinski definition) is 10. The number of anilines is 1. The average Bonchev–Trinajstić information content (AvgIpc) is 3.29. The van der Waals surface area contributed by atoms with Crippen molar-refractivity contribution in [2.75, 3.05) is 58.9 Å². The lowest BCUT2D eigenvalue weighted by molar-refractivity contribution is -0.149. The van der Waals surface area contributed by atoms with Crippen LogP contribution in [0.25, 0.3) is 11.1 Å². The van der Waals surface area contributed by atoms with Crippen LogP contribution in [0.4, 0.5) is 5.69 Å². The second kappa shape index (κ2) is 15.4. The molecule has 2 aliphatic rings. The fourth-order valence-electron chi connectivity index (χ4n) is 6.23. The number of hydrogen-bond donors (Lipinski definition) is 2. The van der Waals surface area contributed by atoms with Gasteiger partial charge in [-0.1, -0.05) is 6.07 Å². The van der Waals surface area contributed by atoms with Crippen molar-refractivity contribution in [3.05, 3.63) is 45.6 Å². The maximum Gasteiger partial charge on any atom is 0.308 e. The Morgan fingerprint density at radius 1 is 1.00 bits per heavy atom. The molecule has 2 atom stereocenters. The number of thioether (sulfide) groups is 1. The number of piperidine rings is 1. The first-order valence-corrected chi connectivity index (χ1v) is 16.5. The number of likely N-dealkylation sites (tertiary alicyclic amines) is 1. The van der Waals surface area contributed by atoms with Crippen LogP contribution in [0.1, 0.15) is 49.8 Å². The van der Waals surface area contributed by atoms with Gasteiger partial charge in [-0.25, -0.2) is 0 Å². The predicted molar refractivity (Wildman–Crippen MR) is 174 cm³/mol. The number of nitrogens with zero attached hydrogens (tertiary/aromatic N) is 1. The van der Waals surface area contributed by atoms with Gasteiger partial charge in [0.15, 0.2) is 11.5 Å². The van der Waals surface area contributed by atoms with Crippen LogP contribution in [-0.2, 0) is 25.5 Å². The number of benzene rings is 1. The molecule has 1 aliphatic carbocycles. The van der Waals surface area contributed by atoms with Gasteiger partial charge in [-0.05, 0) is 79.0 Å². The Balaban J connectivity index is 1.77. The Morgan fingerprint density at radius 2 is 1.71 bits per heavy atom. The Labute approximate surface area is 268 Å². The van der Waals surface area contributed by atoms with Gasteiger partial charge in [-0.2, -0.15) is 11.8 Å². The summed E-state index contributed by atoms with van der Waals surface area (Å²) >= 11 is 1.62.